The Labute approximate surface area is 111 Å². The summed E-state index contributed by atoms with van der Waals surface area (Å²) in [6.45, 7) is 4.52. The lowest BCUT2D eigenvalue weighted by Gasteiger charge is -2.28. The van der Waals surface area contributed by atoms with Crippen molar-refractivity contribution < 1.29 is 9.90 Å². The maximum atomic E-state index is 11.8. The number of amides is 1. The Morgan fingerprint density at radius 3 is 2.56 bits per heavy atom. The van der Waals surface area contributed by atoms with Gasteiger partial charge in [-0.3, -0.25) is 4.79 Å². The Morgan fingerprint density at radius 2 is 2.06 bits per heavy atom. The van der Waals surface area contributed by atoms with E-state index in [1.165, 1.54) is 0 Å². The lowest BCUT2D eigenvalue weighted by atomic mass is 9.92. The molecule has 2 N–H and O–H groups in total. The average Bonchev–Trinajstić information content (AvgIpc) is 2.80. The second-order valence-electron chi connectivity index (χ2n) is 5.47. The van der Waals surface area contributed by atoms with Crippen molar-refractivity contribution in [3.63, 3.8) is 0 Å². The first-order valence-electron chi connectivity index (χ1n) is 7.25. The predicted octanol–water partition coefficient (Wildman–Crippen LogP) is 2.79. The van der Waals surface area contributed by atoms with E-state index >= 15 is 0 Å². The summed E-state index contributed by atoms with van der Waals surface area (Å²) in [5, 5.41) is 13.3. The maximum Gasteiger partial charge on any atom is 0.220 e. The van der Waals surface area contributed by atoms with Gasteiger partial charge < -0.3 is 10.4 Å². The molecule has 0 aliphatic heterocycles. The molecule has 1 unspecified atom stereocenters. The molecule has 0 saturated carbocycles. The fourth-order valence-corrected chi connectivity index (χ4v) is 2.67. The molecule has 0 heterocycles. The highest BCUT2D eigenvalue weighted by Gasteiger charge is 2.25. The zero-order valence-electron chi connectivity index (χ0n) is 11.7. The predicted molar refractivity (Wildman–Crippen MR) is 74.3 cm³/mol. The molecule has 104 valence electrons. The summed E-state index contributed by atoms with van der Waals surface area (Å²) >= 11 is 0. The molecule has 0 bridgehead atoms. The second-order valence-corrected chi connectivity index (χ2v) is 5.47. The van der Waals surface area contributed by atoms with Crippen LogP contribution in [0, 0.1) is 5.92 Å². The molecular weight excluding hydrogens is 226 g/mol. The van der Waals surface area contributed by atoms with Crippen LogP contribution in [-0.2, 0) is 4.79 Å². The summed E-state index contributed by atoms with van der Waals surface area (Å²) in [7, 11) is 0. The van der Waals surface area contributed by atoms with Gasteiger partial charge in [0, 0.05) is 13.0 Å². The molecule has 3 nitrogen and oxygen atoms in total. The van der Waals surface area contributed by atoms with E-state index in [4.69, 9.17) is 0 Å². The lowest BCUT2D eigenvalue weighted by Crippen LogP contribution is -2.43. The van der Waals surface area contributed by atoms with Crippen molar-refractivity contribution in [3.8, 4) is 0 Å². The zero-order valence-corrected chi connectivity index (χ0v) is 11.7. The van der Waals surface area contributed by atoms with E-state index in [2.05, 4.69) is 31.3 Å². The summed E-state index contributed by atoms with van der Waals surface area (Å²) in [5.41, 5.74) is -0.718. The first-order chi connectivity index (χ1) is 8.59. The summed E-state index contributed by atoms with van der Waals surface area (Å²) in [4.78, 5) is 11.8. The lowest BCUT2D eigenvalue weighted by molar-refractivity contribution is -0.123. The first-order valence-corrected chi connectivity index (χ1v) is 7.25. The Hall–Kier alpha value is -0.830. The zero-order chi connectivity index (χ0) is 13.4. The molecule has 1 aliphatic carbocycles. The van der Waals surface area contributed by atoms with Crippen molar-refractivity contribution in [3.05, 3.63) is 12.2 Å². The number of hydrogen-bond acceptors (Lipinski definition) is 2. The van der Waals surface area contributed by atoms with Gasteiger partial charge in [-0.15, -0.1) is 0 Å². The summed E-state index contributed by atoms with van der Waals surface area (Å²) in [6, 6.07) is 0. The highest BCUT2D eigenvalue weighted by Crippen LogP contribution is 2.21. The molecule has 0 aromatic rings. The second kappa shape index (κ2) is 7.57. The Balaban J connectivity index is 2.31. The van der Waals surface area contributed by atoms with Gasteiger partial charge in [0.25, 0.3) is 0 Å². The number of rotatable bonds is 8. The third-order valence-corrected chi connectivity index (χ3v) is 3.61. The molecule has 1 aliphatic rings. The van der Waals surface area contributed by atoms with Crippen LogP contribution in [0.3, 0.4) is 0 Å². The number of carbonyl (C=O) groups excluding carboxylic acids is 1. The van der Waals surface area contributed by atoms with Crippen molar-refractivity contribution in [2.45, 2.75) is 64.4 Å². The molecule has 0 fully saturated rings. The monoisotopic (exact) mass is 253 g/mol. The molecule has 1 rings (SSSR count). The number of carbonyl (C=O) groups is 1. The van der Waals surface area contributed by atoms with Crippen LogP contribution in [0.1, 0.15) is 58.8 Å². The van der Waals surface area contributed by atoms with Gasteiger partial charge in [-0.05, 0) is 31.6 Å². The van der Waals surface area contributed by atoms with Gasteiger partial charge in [-0.25, -0.2) is 0 Å². The highest BCUT2D eigenvalue weighted by atomic mass is 16.3. The van der Waals surface area contributed by atoms with Crippen LogP contribution < -0.4 is 5.32 Å². The van der Waals surface area contributed by atoms with E-state index in [-0.39, 0.29) is 5.91 Å². The quantitative estimate of drug-likeness (QED) is 0.653. The van der Waals surface area contributed by atoms with Crippen LogP contribution in [0.5, 0.6) is 0 Å². The molecule has 0 spiro atoms. The smallest absolute Gasteiger partial charge is 0.220 e. The minimum absolute atomic E-state index is 0.0668. The van der Waals surface area contributed by atoms with Crippen molar-refractivity contribution in [2.75, 3.05) is 6.54 Å². The number of hydrogen-bond donors (Lipinski definition) is 2. The largest absolute Gasteiger partial charge is 0.388 e. The van der Waals surface area contributed by atoms with Crippen molar-refractivity contribution in [1.82, 2.24) is 5.32 Å². The third kappa shape index (κ3) is 5.21. The fraction of sp³-hybridized carbons (Fsp3) is 0.800. The van der Waals surface area contributed by atoms with Crippen molar-refractivity contribution in [1.29, 1.82) is 0 Å². The van der Waals surface area contributed by atoms with Crippen molar-refractivity contribution >= 4 is 5.91 Å². The van der Waals surface area contributed by atoms with E-state index in [1.807, 2.05) is 0 Å². The van der Waals surface area contributed by atoms with E-state index in [0.717, 1.165) is 38.5 Å². The number of allylic oxidation sites excluding steroid dienone is 2. The first kappa shape index (κ1) is 15.2. The minimum Gasteiger partial charge on any atom is -0.388 e. The van der Waals surface area contributed by atoms with Crippen LogP contribution in [0.25, 0.3) is 0 Å². The maximum absolute atomic E-state index is 11.8. The highest BCUT2D eigenvalue weighted by molar-refractivity contribution is 5.76. The van der Waals surface area contributed by atoms with Gasteiger partial charge in [0.2, 0.25) is 5.91 Å². The Morgan fingerprint density at radius 1 is 1.39 bits per heavy atom. The van der Waals surface area contributed by atoms with E-state index in [1.54, 1.807) is 0 Å². The van der Waals surface area contributed by atoms with Crippen LogP contribution in [-0.4, -0.2) is 23.2 Å². The van der Waals surface area contributed by atoms with Gasteiger partial charge in [-0.1, -0.05) is 38.8 Å². The molecule has 0 saturated heterocycles. The average molecular weight is 253 g/mol. The number of nitrogens with one attached hydrogen (secondary N) is 1. The SMILES string of the molecule is CCCC(O)(CCC)CNC(=O)CC1C=CCC1. The molecular formula is C15H27NO2. The van der Waals surface area contributed by atoms with Gasteiger partial charge in [-0.2, -0.15) is 0 Å². The molecule has 1 atom stereocenters. The molecule has 1 amide bonds. The van der Waals surface area contributed by atoms with Gasteiger partial charge in [0.1, 0.15) is 0 Å². The minimum atomic E-state index is -0.718. The van der Waals surface area contributed by atoms with Gasteiger partial charge in [0.15, 0.2) is 0 Å². The van der Waals surface area contributed by atoms with Crippen LogP contribution in [0.2, 0.25) is 0 Å². The van der Waals surface area contributed by atoms with Gasteiger partial charge in [0.05, 0.1) is 5.60 Å². The molecule has 18 heavy (non-hydrogen) atoms. The van der Waals surface area contributed by atoms with E-state index < -0.39 is 5.60 Å². The summed E-state index contributed by atoms with van der Waals surface area (Å²) in [6.07, 6.45) is 10.4. The summed E-state index contributed by atoms with van der Waals surface area (Å²) in [5.74, 6) is 0.465. The molecule has 0 radical (unpaired) electrons. The Kier molecular flexibility index (Phi) is 6.41. The molecule has 0 aromatic heterocycles. The van der Waals surface area contributed by atoms with E-state index in [0.29, 0.717) is 18.9 Å². The normalized spacial score (nSPS) is 19.2. The van der Waals surface area contributed by atoms with Crippen LogP contribution in [0.4, 0.5) is 0 Å². The fourth-order valence-electron chi connectivity index (χ4n) is 2.67. The third-order valence-electron chi connectivity index (χ3n) is 3.61. The van der Waals surface area contributed by atoms with E-state index in [9.17, 15) is 9.90 Å². The number of aliphatic hydroxyl groups is 1. The standard InChI is InChI=1S/C15H27NO2/c1-3-9-15(18,10-4-2)12-16-14(17)11-13-7-5-6-8-13/h5,7,13,18H,3-4,6,8-12H2,1-2H3,(H,16,17). The van der Waals surface area contributed by atoms with Crippen LogP contribution in [0.15, 0.2) is 12.2 Å². The van der Waals surface area contributed by atoms with Crippen LogP contribution >= 0.6 is 0 Å². The van der Waals surface area contributed by atoms with Crippen molar-refractivity contribution in [2.24, 2.45) is 5.92 Å². The topological polar surface area (TPSA) is 49.3 Å². The van der Waals surface area contributed by atoms with Gasteiger partial charge >= 0.3 is 0 Å². The molecule has 3 heteroatoms. The summed E-state index contributed by atoms with van der Waals surface area (Å²) < 4.78 is 0. The Bertz CT molecular complexity index is 280. The molecule has 0 aromatic carbocycles.